The van der Waals surface area contributed by atoms with Crippen molar-refractivity contribution >= 4 is 22.7 Å². The van der Waals surface area contributed by atoms with Gasteiger partial charge in [0.1, 0.15) is 12.1 Å². The van der Waals surface area contributed by atoms with Gasteiger partial charge in [-0.1, -0.05) is 18.2 Å². The van der Waals surface area contributed by atoms with Crippen LogP contribution in [-0.2, 0) is 4.74 Å². The number of methoxy groups -OCH3 is 1. The Labute approximate surface area is 114 Å². The summed E-state index contributed by atoms with van der Waals surface area (Å²) in [5.74, 6) is 0.110. The minimum absolute atomic E-state index is 0.113. The molecule has 0 aliphatic rings. The Morgan fingerprint density at radius 3 is 2.90 bits per heavy atom. The Kier molecular flexibility index (Phi) is 2.83. The minimum Gasteiger partial charge on any atom is -0.464 e. The molecular formula is C14H11N3O3. The fourth-order valence-corrected chi connectivity index (χ4v) is 1.97. The molecule has 0 amide bonds. The second kappa shape index (κ2) is 4.65. The van der Waals surface area contributed by atoms with Crippen molar-refractivity contribution in [2.45, 2.75) is 0 Å². The van der Waals surface area contributed by atoms with Crippen LogP contribution in [0.4, 0.5) is 5.82 Å². The number of fused-ring (bicyclic) bond motifs is 1. The number of nitrogens with two attached hydrogens (primary N) is 1. The lowest BCUT2D eigenvalue weighted by Crippen LogP contribution is -2.01. The highest BCUT2D eigenvalue weighted by molar-refractivity contribution is 5.94. The van der Waals surface area contributed by atoms with Crippen LogP contribution < -0.4 is 5.73 Å². The molecule has 6 heteroatoms. The monoisotopic (exact) mass is 269 g/mol. The number of para-hydroxylation sites is 1. The number of pyridine rings is 1. The Hall–Kier alpha value is -2.89. The number of nitrogens with zero attached hydrogens (tertiary/aromatic N) is 2. The molecule has 0 aliphatic carbocycles. The Bertz CT molecular complexity index is 795. The Morgan fingerprint density at radius 2 is 2.10 bits per heavy atom. The number of hydrogen-bond donors (Lipinski definition) is 1. The molecule has 3 aromatic rings. The fourth-order valence-electron chi connectivity index (χ4n) is 1.97. The normalized spacial score (nSPS) is 10.7. The van der Waals surface area contributed by atoms with Crippen molar-refractivity contribution in [2.24, 2.45) is 0 Å². The minimum atomic E-state index is -0.550. The number of carbonyl (C=O) groups is 1. The van der Waals surface area contributed by atoms with Gasteiger partial charge in [-0.15, -0.1) is 0 Å². The smallest absolute Gasteiger partial charge is 0.360 e. The van der Waals surface area contributed by atoms with Crippen LogP contribution in [-0.4, -0.2) is 23.0 Å². The molecule has 0 saturated heterocycles. The average molecular weight is 269 g/mol. The van der Waals surface area contributed by atoms with Crippen LogP contribution in [0.5, 0.6) is 0 Å². The van der Waals surface area contributed by atoms with Crippen molar-refractivity contribution in [1.82, 2.24) is 9.97 Å². The summed E-state index contributed by atoms with van der Waals surface area (Å²) in [5, 5.41) is 0.847. The first-order valence-electron chi connectivity index (χ1n) is 5.88. The molecule has 2 N–H and O–H groups in total. The summed E-state index contributed by atoms with van der Waals surface area (Å²) in [4.78, 5) is 19.8. The lowest BCUT2D eigenvalue weighted by Gasteiger charge is -2.03. The van der Waals surface area contributed by atoms with E-state index in [1.54, 1.807) is 6.07 Å². The number of benzene rings is 1. The zero-order valence-corrected chi connectivity index (χ0v) is 10.7. The maximum absolute atomic E-state index is 11.4. The van der Waals surface area contributed by atoms with Gasteiger partial charge in [0.15, 0.2) is 5.69 Å². The lowest BCUT2D eigenvalue weighted by molar-refractivity contribution is 0.0594. The van der Waals surface area contributed by atoms with Crippen molar-refractivity contribution in [1.29, 1.82) is 0 Å². The van der Waals surface area contributed by atoms with Crippen molar-refractivity contribution in [2.75, 3.05) is 12.8 Å². The maximum atomic E-state index is 11.4. The first kappa shape index (κ1) is 12.2. The molecule has 0 unspecified atom stereocenters. The van der Waals surface area contributed by atoms with Crippen molar-refractivity contribution < 1.29 is 13.9 Å². The molecule has 0 bridgehead atoms. The summed E-state index contributed by atoms with van der Waals surface area (Å²) in [6.45, 7) is 0. The van der Waals surface area contributed by atoms with Crippen LogP contribution in [0.25, 0.3) is 22.4 Å². The van der Waals surface area contributed by atoms with E-state index < -0.39 is 5.97 Å². The van der Waals surface area contributed by atoms with Crippen LogP contribution in [0.3, 0.4) is 0 Å². The van der Waals surface area contributed by atoms with Gasteiger partial charge in [0.25, 0.3) is 0 Å². The molecule has 0 aliphatic heterocycles. The topological polar surface area (TPSA) is 91.2 Å². The molecular weight excluding hydrogens is 258 g/mol. The van der Waals surface area contributed by atoms with Crippen molar-refractivity contribution in [3.05, 3.63) is 42.3 Å². The third-order valence-corrected chi connectivity index (χ3v) is 2.87. The van der Waals surface area contributed by atoms with E-state index in [0.29, 0.717) is 17.3 Å². The number of nitrogen functional groups attached to an aromatic ring is 1. The highest BCUT2D eigenvalue weighted by Gasteiger charge is 2.16. The Morgan fingerprint density at radius 1 is 1.30 bits per heavy atom. The molecule has 1 aromatic carbocycles. The first-order valence-corrected chi connectivity index (χ1v) is 5.88. The molecule has 2 heterocycles. The third-order valence-electron chi connectivity index (χ3n) is 2.87. The molecule has 0 spiro atoms. The first-order chi connectivity index (χ1) is 9.69. The molecule has 0 atom stereocenters. The van der Waals surface area contributed by atoms with E-state index >= 15 is 0 Å². The molecule has 100 valence electrons. The summed E-state index contributed by atoms with van der Waals surface area (Å²) in [5.41, 5.74) is 7.32. The fraction of sp³-hybridized carbons (Fsp3) is 0.0714. The van der Waals surface area contributed by atoms with Gasteiger partial charge >= 0.3 is 5.97 Å². The second-order valence-corrected chi connectivity index (χ2v) is 4.14. The predicted molar refractivity (Wildman–Crippen MR) is 73.0 cm³/mol. The van der Waals surface area contributed by atoms with Crippen molar-refractivity contribution in [3.63, 3.8) is 0 Å². The quantitative estimate of drug-likeness (QED) is 0.717. The number of carbonyl (C=O) groups excluding carboxylic acids is 1. The number of ether oxygens (including phenoxy) is 1. The molecule has 0 saturated carbocycles. The summed E-state index contributed by atoms with van der Waals surface area (Å²) < 4.78 is 9.94. The molecule has 0 fully saturated rings. The van der Waals surface area contributed by atoms with E-state index in [9.17, 15) is 4.79 Å². The lowest BCUT2D eigenvalue weighted by atomic mass is 10.1. The van der Waals surface area contributed by atoms with Crippen LogP contribution in [0, 0.1) is 0 Å². The third kappa shape index (κ3) is 1.97. The maximum Gasteiger partial charge on any atom is 0.360 e. The molecule has 20 heavy (non-hydrogen) atoms. The standard InChI is InChI=1S/C14H11N3O3/c1-19-14(18)11-7-20-13(17-11)9-6-12(15)16-10-5-3-2-4-8(9)10/h2-7H,1H3,(H2,15,16). The average Bonchev–Trinajstić information content (AvgIpc) is 2.95. The number of aromatic nitrogens is 2. The van der Waals surface area contributed by atoms with Crippen LogP contribution >= 0.6 is 0 Å². The number of anilines is 1. The van der Waals surface area contributed by atoms with Gasteiger partial charge in [-0.25, -0.2) is 14.8 Å². The summed E-state index contributed by atoms with van der Waals surface area (Å²) in [6, 6.07) is 9.15. The van der Waals surface area contributed by atoms with Crippen LogP contribution in [0.2, 0.25) is 0 Å². The summed E-state index contributed by atoms with van der Waals surface area (Å²) in [6.07, 6.45) is 1.26. The SMILES string of the molecule is COC(=O)c1coc(-c2cc(N)nc3ccccc23)n1. The van der Waals surface area contributed by atoms with Crippen LogP contribution in [0.1, 0.15) is 10.5 Å². The number of oxazole rings is 1. The largest absolute Gasteiger partial charge is 0.464 e. The van der Waals surface area contributed by atoms with E-state index in [2.05, 4.69) is 14.7 Å². The van der Waals surface area contributed by atoms with Gasteiger partial charge in [0.05, 0.1) is 18.2 Å². The van der Waals surface area contributed by atoms with Gasteiger partial charge in [0, 0.05) is 5.39 Å². The van der Waals surface area contributed by atoms with E-state index in [1.807, 2.05) is 24.3 Å². The van der Waals surface area contributed by atoms with Gasteiger partial charge in [0.2, 0.25) is 5.89 Å². The highest BCUT2D eigenvalue weighted by Crippen LogP contribution is 2.28. The second-order valence-electron chi connectivity index (χ2n) is 4.14. The van der Waals surface area contributed by atoms with E-state index in [-0.39, 0.29) is 5.69 Å². The predicted octanol–water partition coefficient (Wildman–Crippen LogP) is 2.26. The highest BCUT2D eigenvalue weighted by atomic mass is 16.5. The van der Waals surface area contributed by atoms with Crippen LogP contribution in [0.15, 0.2) is 41.0 Å². The molecule has 6 nitrogen and oxygen atoms in total. The summed E-state index contributed by atoms with van der Waals surface area (Å²) in [7, 11) is 1.29. The van der Waals surface area contributed by atoms with E-state index in [0.717, 1.165) is 10.9 Å². The van der Waals surface area contributed by atoms with Gasteiger partial charge in [-0.2, -0.15) is 0 Å². The van der Waals surface area contributed by atoms with Crippen molar-refractivity contribution in [3.8, 4) is 11.5 Å². The molecule has 2 aromatic heterocycles. The van der Waals surface area contributed by atoms with E-state index in [1.165, 1.54) is 13.4 Å². The van der Waals surface area contributed by atoms with E-state index in [4.69, 9.17) is 10.2 Å². The summed E-state index contributed by atoms with van der Waals surface area (Å²) >= 11 is 0. The number of esters is 1. The zero-order valence-electron chi connectivity index (χ0n) is 10.7. The van der Waals surface area contributed by atoms with Gasteiger partial charge in [-0.3, -0.25) is 0 Å². The van der Waals surface area contributed by atoms with Gasteiger partial charge < -0.3 is 14.9 Å². The number of rotatable bonds is 2. The zero-order chi connectivity index (χ0) is 14.1. The molecule has 3 rings (SSSR count). The molecule has 0 radical (unpaired) electrons. The Balaban J connectivity index is 2.19. The number of hydrogen-bond acceptors (Lipinski definition) is 6. The van der Waals surface area contributed by atoms with Gasteiger partial charge in [-0.05, 0) is 12.1 Å².